The van der Waals surface area contributed by atoms with E-state index in [1.54, 1.807) is 12.1 Å². The van der Waals surface area contributed by atoms with Gasteiger partial charge in [-0.15, -0.1) is 0 Å². The maximum absolute atomic E-state index is 9.46. The summed E-state index contributed by atoms with van der Waals surface area (Å²) in [5, 5.41) is 9.46. The van der Waals surface area contributed by atoms with Crippen LogP contribution in [0.15, 0.2) is 18.2 Å². The van der Waals surface area contributed by atoms with Crippen LogP contribution < -0.4 is 10.5 Å². The number of hydrogen-bond donors (Lipinski definition) is 2. The van der Waals surface area contributed by atoms with Crippen LogP contribution in [0.1, 0.15) is 24.9 Å². The number of ether oxygens (including phenoxy) is 1. The summed E-state index contributed by atoms with van der Waals surface area (Å²) < 4.78 is 5.07. The summed E-state index contributed by atoms with van der Waals surface area (Å²) in [6, 6.07) is 5.14. The smallest absolute Gasteiger partial charge is 0.165 e. The van der Waals surface area contributed by atoms with E-state index in [0.29, 0.717) is 5.75 Å². The monoisotopic (exact) mass is 181 g/mol. The lowest BCUT2D eigenvalue weighted by Crippen LogP contribution is -2.09. The fraction of sp³-hybridized carbons (Fsp3) is 0.400. The summed E-state index contributed by atoms with van der Waals surface area (Å²) in [5.41, 5.74) is 6.70. The van der Waals surface area contributed by atoms with Crippen molar-refractivity contribution >= 4 is 0 Å². The summed E-state index contributed by atoms with van der Waals surface area (Å²) in [6.45, 7) is 1.99. The number of hydrogen-bond acceptors (Lipinski definition) is 3. The van der Waals surface area contributed by atoms with Gasteiger partial charge in [0.2, 0.25) is 0 Å². The lowest BCUT2D eigenvalue weighted by atomic mass is 10.0. The van der Waals surface area contributed by atoms with Crippen molar-refractivity contribution in [3.63, 3.8) is 0 Å². The van der Waals surface area contributed by atoms with Crippen molar-refractivity contribution in [3.05, 3.63) is 23.8 Å². The first-order valence-corrected chi connectivity index (χ1v) is 4.32. The molecule has 0 radical (unpaired) electrons. The zero-order chi connectivity index (χ0) is 9.84. The Labute approximate surface area is 78.1 Å². The molecule has 0 unspecified atom stereocenters. The standard InChI is InChI=1S/C10H15NO2/c1-3-8(11)7-5-4-6-9(12)10(7)13-2/h4-6,8,12H,3,11H2,1-2H3/t8-/m1/s1. The van der Waals surface area contributed by atoms with Crippen molar-refractivity contribution in [1.82, 2.24) is 0 Å². The van der Waals surface area contributed by atoms with Crippen molar-refractivity contribution in [3.8, 4) is 11.5 Å². The van der Waals surface area contributed by atoms with Crippen LogP contribution in [0.4, 0.5) is 0 Å². The predicted molar refractivity (Wildman–Crippen MR) is 51.9 cm³/mol. The first kappa shape index (κ1) is 9.86. The van der Waals surface area contributed by atoms with Crippen LogP contribution in [0.2, 0.25) is 0 Å². The number of phenols is 1. The molecule has 0 amide bonds. The molecule has 3 nitrogen and oxygen atoms in total. The maximum atomic E-state index is 9.46. The largest absolute Gasteiger partial charge is 0.504 e. The van der Waals surface area contributed by atoms with Crippen LogP contribution in [-0.4, -0.2) is 12.2 Å². The van der Waals surface area contributed by atoms with Crippen LogP contribution >= 0.6 is 0 Å². The van der Waals surface area contributed by atoms with Crippen LogP contribution in [0.25, 0.3) is 0 Å². The number of phenolic OH excluding ortho intramolecular Hbond substituents is 1. The van der Waals surface area contributed by atoms with Gasteiger partial charge in [-0.3, -0.25) is 0 Å². The van der Waals surface area contributed by atoms with Gasteiger partial charge >= 0.3 is 0 Å². The summed E-state index contributed by atoms with van der Waals surface area (Å²) in [7, 11) is 1.53. The first-order valence-electron chi connectivity index (χ1n) is 4.32. The third kappa shape index (κ3) is 1.92. The minimum atomic E-state index is -0.0814. The molecule has 1 rings (SSSR count). The molecule has 1 atom stereocenters. The second-order valence-corrected chi connectivity index (χ2v) is 2.91. The predicted octanol–water partition coefficient (Wildman–Crippen LogP) is 1.81. The van der Waals surface area contributed by atoms with Gasteiger partial charge in [0.15, 0.2) is 11.5 Å². The highest BCUT2D eigenvalue weighted by Crippen LogP contribution is 2.33. The van der Waals surface area contributed by atoms with Gasteiger partial charge in [-0.1, -0.05) is 19.1 Å². The molecule has 3 N–H and O–H groups in total. The van der Waals surface area contributed by atoms with Crippen molar-refractivity contribution < 1.29 is 9.84 Å². The molecular formula is C10H15NO2. The summed E-state index contributed by atoms with van der Waals surface area (Å²) >= 11 is 0. The van der Waals surface area contributed by atoms with Crippen molar-refractivity contribution in [2.45, 2.75) is 19.4 Å². The molecule has 0 fully saturated rings. The Kier molecular flexibility index (Phi) is 3.14. The highest BCUT2D eigenvalue weighted by atomic mass is 16.5. The molecule has 72 valence electrons. The Morgan fingerprint density at radius 1 is 1.54 bits per heavy atom. The zero-order valence-corrected chi connectivity index (χ0v) is 7.95. The summed E-state index contributed by atoms with van der Waals surface area (Å²) in [6.07, 6.45) is 0.819. The van der Waals surface area contributed by atoms with Gasteiger partial charge < -0.3 is 15.6 Å². The van der Waals surface area contributed by atoms with Gasteiger partial charge in [0.05, 0.1) is 7.11 Å². The lowest BCUT2D eigenvalue weighted by Gasteiger charge is -2.14. The second kappa shape index (κ2) is 4.14. The average Bonchev–Trinajstić information content (AvgIpc) is 2.16. The normalized spacial score (nSPS) is 12.5. The van der Waals surface area contributed by atoms with E-state index >= 15 is 0 Å². The molecule has 1 aromatic carbocycles. The van der Waals surface area contributed by atoms with Crippen LogP contribution in [0, 0.1) is 0 Å². The van der Waals surface area contributed by atoms with E-state index in [-0.39, 0.29) is 11.8 Å². The Bertz CT molecular complexity index is 286. The highest BCUT2D eigenvalue weighted by molar-refractivity contribution is 5.46. The minimum absolute atomic E-state index is 0.0814. The van der Waals surface area contributed by atoms with Crippen molar-refractivity contribution in [2.24, 2.45) is 5.73 Å². The third-order valence-electron chi connectivity index (χ3n) is 2.07. The Hall–Kier alpha value is -1.22. The molecule has 0 aliphatic carbocycles. The van der Waals surface area contributed by atoms with Crippen LogP contribution in [-0.2, 0) is 0 Å². The van der Waals surface area contributed by atoms with Crippen molar-refractivity contribution in [1.29, 1.82) is 0 Å². The number of para-hydroxylation sites is 1. The fourth-order valence-corrected chi connectivity index (χ4v) is 1.28. The molecular weight excluding hydrogens is 166 g/mol. The van der Waals surface area contributed by atoms with E-state index in [2.05, 4.69) is 0 Å². The number of methoxy groups -OCH3 is 1. The molecule has 0 aromatic heterocycles. The molecule has 0 saturated heterocycles. The molecule has 0 spiro atoms. The van der Waals surface area contributed by atoms with E-state index in [4.69, 9.17) is 10.5 Å². The number of benzene rings is 1. The molecule has 0 heterocycles. The Morgan fingerprint density at radius 3 is 2.77 bits per heavy atom. The van der Waals surface area contributed by atoms with Crippen LogP contribution in [0.5, 0.6) is 11.5 Å². The Balaban J connectivity index is 3.12. The second-order valence-electron chi connectivity index (χ2n) is 2.91. The quantitative estimate of drug-likeness (QED) is 0.747. The van der Waals surface area contributed by atoms with Gasteiger partial charge in [0.25, 0.3) is 0 Å². The summed E-state index contributed by atoms with van der Waals surface area (Å²) in [4.78, 5) is 0. The topological polar surface area (TPSA) is 55.5 Å². The summed E-state index contributed by atoms with van der Waals surface area (Å²) in [5.74, 6) is 0.626. The molecule has 1 aromatic rings. The SMILES string of the molecule is CC[C@@H](N)c1cccc(O)c1OC. The average molecular weight is 181 g/mol. The number of nitrogens with two attached hydrogens (primary N) is 1. The van der Waals surface area contributed by atoms with Crippen LogP contribution in [0.3, 0.4) is 0 Å². The zero-order valence-electron chi connectivity index (χ0n) is 7.95. The third-order valence-corrected chi connectivity index (χ3v) is 2.07. The number of aromatic hydroxyl groups is 1. The molecule has 0 bridgehead atoms. The highest BCUT2D eigenvalue weighted by Gasteiger charge is 2.12. The van der Waals surface area contributed by atoms with E-state index in [9.17, 15) is 5.11 Å². The van der Waals surface area contributed by atoms with E-state index in [1.807, 2.05) is 13.0 Å². The van der Waals surface area contributed by atoms with E-state index in [0.717, 1.165) is 12.0 Å². The van der Waals surface area contributed by atoms with Gasteiger partial charge in [-0.05, 0) is 12.5 Å². The van der Waals surface area contributed by atoms with E-state index in [1.165, 1.54) is 7.11 Å². The minimum Gasteiger partial charge on any atom is -0.504 e. The molecule has 0 aliphatic rings. The van der Waals surface area contributed by atoms with Gasteiger partial charge in [-0.25, -0.2) is 0 Å². The first-order chi connectivity index (χ1) is 6.20. The van der Waals surface area contributed by atoms with Gasteiger partial charge in [0.1, 0.15) is 0 Å². The maximum Gasteiger partial charge on any atom is 0.165 e. The molecule has 13 heavy (non-hydrogen) atoms. The van der Waals surface area contributed by atoms with Gasteiger partial charge in [0, 0.05) is 11.6 Å². The molecule has 0 saturated carbocycles. The van der Waals surface area contributed by atoms with E-state index < -0.39 is 0 Å². The molecule has 0 aliphatic heterocycles. The lowest BCUT2D eigenvalue weighted by molar-refractivity contribution is 0.366. The molecule has 3 heteroatoms. The Morgan fingerprint density at radius 2 is 2.23 bits per heavy atom. The van der Waals surface area contributed by atoms with Crippen molar-refractivity contribution in [2.75, 3.05) is 7.11 Å². The fourth-order valence-electron chi connectivity index (χ4n) is 1.28. The number of rotatable bonds is 3. The van der Waals surface area contributed by atoms with Gasteiger partial charge in [-0.2, -0.15) is 0 Å².